The Bertz CT molecular complexity index is 414. The number of piperidine rings is 1. The molecule has 0 aliphatic carbocycles. The van der Waals surface area contributed by atoms with Crippen molar-refractivity contribution in [1.82, 2.24) is 10.2 Å². The molecule has 2 unspecified atom stereocenters. The van der Waals surface area contributed by atoms with Crippen molar-refractivity contribution in [3.05, 3.63) is 34.9 Å². The maximum Gasteiger partial charge on any atom is 0.0233 e. The van der Waals surface area contributed by atoms with Gasteiger partial charge in [-0.05, 0) is 69.8 Å². The fourth-order valence-corrected chi connectivity index (χ4v) is 3.04. The molecule has 1 aliphatic heterocycles. The van der Waals surface area contributed by atoms with E-state index in [1.165, 1.54) is 42.6 Å². The lowest BCUT2D eigenvalue weighted by atomic mass is 9.91. The summed E-state index contributed by atoms with van der Waals surface area (Å²) in [4.78, 5) is 2.62. The third-order valence-electron chi connectivity index (χ3n) is 4.68. The molecule has 0 radical (unpaired) electrons. The lowest BCUT2D eigenvalue weighted by Crippen LogP contribution is -2.43. The highest BCUT2D eigenvalue weighted by Crippen LogP contribution is 2.21. The van der Waals surface area contributed by atoms with Crippen molar-refractivity contribution in [3.8, 4) is 0 Å². The predicted octanol–water partition coefficient (Wildman–Crippen LogP) is 3.12. The van der Waals surface area contributed by atoms with Gasteiger partial charge in [-0.2, -0.15) is 0 Å². The van der Waals surface area contributed by atoms with Crippen LogP contribution in [0.2, 0.25) is 0 Å². The molecule has 19 heavy (non-hydrogen) atoms. The Kier molecular flexibility index (Phi) is 5.00. The Hall–Kier alpha value is -0.860. The van der Waals surface area contributed by atoms with Gasteiger partial charge in [-0.1, -0.05) is 18.2 Å². The molecular formula is C17H28N2. The van der Waals surface area contributed by atoms with Crippen LogP contribution in [0.5, 0.6) is 0 Å². The second-order valence-corrected chi connectivity index (χ2v) is 6.13. The summed E-state index contributed by atoms with van der Waals surface area (Å²) in [5.41, 5.74) is 4.26. The number of hydrogen-bond acceptors (Lipinski definition) is 2. The third-order valence-corrected chi connectivity index (χ3v) is 4.68. The lowest BCUT2D eigenvalue weighted by Gasteiger charge is -2.35. The molecular weight excluding hydrogens is 232 g/mol. The van der Waals surface area contributed by atoms with Crippen molar-refractivity contribution in [2.24, 2.45) is 5.92 Å². The molecule has 0 spiro atoms. The molecule has 2 heteroatoms. The molecule has 1 aromatic carbocycles. The zero-order valence-electron chi connectivity index (χ0n) is 12.9. The molecule has 1 aliphatic rings. The normalized spacial score (nSPS) is 22.4. The van der Waals surface area contributed by atoms with E-state index in [0.717, 1.165) is 12.5 Å². The molecule has 1 heterocycles. The van der Waals surface area contributed by atoms with Crippen LogP contribution >= 0.6 is 0 Å². The fourth-order valence-electron chi connectivity index (χ4n) is 3.04. The smallest absolute Gasteiger partial charge is 0.0233 e. The maximum atomic E-state index is 3.41. The number of rotatable bonds is 4. The number of aryl methyl sites for hydroxylation is 2. The van der Waals surface area contributed by atoms with Crippen molar-refractivity contribution in [2.45, 2.75) is 46.2 Å². The molecule has 1 saturated heterocycles. The summed E-state index contributed by atoms with van der Waals surface area (Å²) in [6.07, 6.45) is 2.70. The van der Waals surface area contributed by atoms with Gasteiger partial charge in [0, 0.05) is 19.1 Å². The number of nitrogens with one attached hydrogen (secondary N) is 1. The average Bonchev–Trinajstić information content (AvgIpc) is 2.42. The van der Waals surface area contributed by atoms with Crippen LogP contribution in [0.15, 0.2) is 18.2 Å². The lowest BCUT2D eigenvalue weighted by molar-refractivity contribution is 0.147. The summed E-state index contributed by atoms with van der Waals surface area (Å²) in [6.45, 7) is 10.3. The molecule has 1 N–H and O–H groups in total. The minimum Gasteiger partial charge on any atom is -0.317 e. The number of benzene rings is 1. The van der Waals surface area contributed by atoms with Crippen LogP contribution in [0.4, 0.5) is 0 Å². The van der Waals surface area contributed by atoms with Crippen LogP contribution in [0.25, 0.3) is 0 Å². The van der Waals surface area contributed by atoms with E-state index in [9.17, 15) is 0 Å². The Morgan fingerprint density at radius 2 is 2.11 bits per heavy atom. The summed E-state index contributed by atoms with van der Waals surface area (Å²) in [7, 11) is 2.08. The zero-order chi connectivity index (χ0) is 13.8. The topological polar surface area (TPSA) is 15.3 Å². The second-order valence-electron chi connectivity index (χ2n) is 6.13. The standard InChI is InChI=1S/C17H28N2/c1-13-7-8-16(10-14(13)2)11-19-9-5-6-17(12-19)15(3)18-4/h7-8,10,15,17-18H,5-6,9,11-12H2,1-4H3. The van der Waals surface area contributed by atoms with E-state index in [1.54, 1.807) is 0 Å². The summed E-state index contributed by atoms with van der Waals surface area (Å²) in [6, 6.07) is 7.51. The van der Waals surface area contributed by atoms with Gasteiger partial charge >= 0.3 is 0 Å². The van der Waals surface area contributed by atoms with Crippen molar-refractivity contribution in [2.75, 3.05) is 20.1 Å². The highest BCUT2D eigenvalue weighted by molar-refractivity contribution is 5.29. The molecule has 0 aromatic heterocycles. The summed E-state index contributed by atoms with van der Waals surface area (Å²) in [5.74, 6) is 0.797. The van der Waals surface area contributed by atoms with Gasteiger partial charge in [-0.15, -0.1) is 0 Å². The first kappa shape index (κ1) is 14.5. The van der Waals surface area contributed by atoms with Crippen LogP contribution in [0, 0.1) is 19.8 Å². The molecule has 2 nitrogen and oxygen atoms in total. The van der Waals surface area contributed by atoms with E-state index >= 15 is 0 Å². The van der Waals surface area contributed by atoms with E-state index in [-0.39, 0.29) is 0 Å². The first-order valence-corrected chi connectivity index (χ1v) is 7.56. The van der Waals surface area contributed by atoms with Crippen LogP contribution in [0.1, 0.15) is 36.5 Å². The second kappa shape index (κ2) is 6.53. The van der Waals surface area contributed by atoms with Gasteiger partial charge in [0.05, 0.1) is 0 Å². The van der Waals surface area contributed by atoms with Gasteiger partial charge in [0.1, 0.15) is 0 Å². The molecule has 1 fully saturated rings. The summed E-state index contributed by atoms with van der Waals surface area (Å²) < 4.78 is 0. The molecule has 0 bridgehead atoms. The predicted molar refractivity (Wildman–Crippen MR) is 82.4 cm³/mol. The first-order valence-electron chi connectivity index (χ1n) is 7.56. The van der Waals surface area contributed by atoms with Gasteiger partial charge in [-0.25, -0.2) is 0 Å². The van der Waals surface area contributed by atoms with E-state index in [2.05, 4.69) is 56.2 Å². The third kappa shape index (κ3) is 3.80. The van der Waals surface area contributed by atoms with Crippen molar-refractivity contribution < 1.29 is 0 Å². The first-order chi connectivity index (χ1) is 9.10. The summed E-state index contributed by atoms with van der Waals surface area (Å²) in [5, 5.41) is 3.41. The molecule has 2 rings (SSSR count). The Labute approximate surface area is 118 Å². The minimum atomic E-state index is 0.627. The van der Waals surface area contributed by atoms with Gasteiger partial charge in [0.15, 0.2) is 0 Å². The van der Waals surface area contributed by atoms with Crippen molar-refractivity contribution in [3.63, 3.8) is 0 Å². The minimum absolute atomic E-state index is 0.627. The van der Waals surface area contributed by atoms with Crippen LogP contribution < -0.4 is 5.32 Å². The highest BCUT2D eigenvalue weighted by atomic mass is 15.1. The zero-order valence-corrected chi connectivity index (χ0v) is 12.9. The molecule has 2 atom stereocenters. The van der Waals surface area contributed by atoms with Crippen LogP contribution in [-0.4, -0.2) is 31.1 Å². The maximum absolute atomic E-state index is 3.41. The van der Waals surface area contributed by atoms with Gasteiger partial charge < -0.3 is 5.32 Å². The SMILES string of the molecule is CNC(C)C1CCCN(Cc2ccc(C)c(C)c2)C1. The van der Waals surface area contributed by atoms with E-state index in [1.807, 2.05) is 0 Å². The average molecular weight is 260 g/mol. The van der Waals surface area contributed by atoms with E-state index in [4.69, 9.17) is 0 Å². The quantitative estimate of drug-likeness (QED) is 0.895. The van der Waals surface area contributed by atoms with Gasteiger partial charge in [-0.3, -0.25) is 4.90 Å². The molecule has 0 amide bonds. The fraction of sp³-hybridized carbons (Fsp3) is 0.647. The van der Waals surface area contributed by atoms with Gasteiger partial charge in [0.2, 0.25) is 0 Å². The summed E-state index contributed by atoms with van der Waals surface area (Å²) >= 11 is 0. The molecule has 0 saturated carbocycles. The molecule has 106 valence electrons. The number of hydrogen-bond donors (Lipinski definition) is 1. The Morgan fingerprint density at radius 1 is 1.32 bits per heavy atom. The van der Waals surface area contributed by atoms with Crippen molar-refractivity contribution >= 4 is 0 Å². The van der Waals surface area contributed by atoms with Crippen LogP contribution in [-0.2, 0) is 6.54 Å². The Morgan fingerprint density at radius 3 is 2.79 bits per heavy atom. The monoisotopic (exact) mass is 260 g/mol. The van der Waals surface area contributed by atoms with Crippen LogP contribution in [0.3, 0.4) is 0 Å². The van der Waals surface area contributed by atoms with Crippen molar-refractivity contribution in [1.29, 1.82) is 0 Å². The van der Waals surface area contributed by atoms with E-state index in [0.29, 0.717) is 6.04 Å². The van der Waals surface area contributed by atoms with Gasteiger partial charge in [0.25, 0.3) is 0 Å². The Balaban J connectivity index is 1.96. The largest absolute Gasteiger partial charge is 0.317 e. The molecule has 1 aromatic rings. The van der Waals surface area contributed by atoms with E-state index < -0.39 is 0 Å². The highest BCUT2D eigenvalue weighted by Gasteiger charge is 2.23. The number of nitrogens with zero attached hydrogens (tertiary/aromatic N) is 1. The number of likely N-dealkylation sites (tertiary alicyclic amines) is 1.